The molecule has 0 saturated heterocycles. The number of nitriles is 1. The number of rotatable bonds is 2. The van der Waals surface area contributed by atoms with E-state index in [-0.39, 0.29) is 0 Å². The zero-order valence-electron chi connectivity index (χ0n) is 11.1. The van der Waals surface area contributed by atoms with Crippen LogP contribution in [-0.2, 0) is 0 Å². The lowest BCUT2D eigenvalue weighted by atomic mass is 10.1. The van der Waals surface area contributed by atoms with Crippen LogP contribution >= 0.6 is 34.3 Å². The van der Waals surface area contributed by atoms with Gasteiger partial charge in [-0.1, -0.05) is 17.7 Å². The molecule has 2 N–H and O–H groups in total. The van der Waals surface area contributed by atoms with Crippen molar-refractivity contribution < 1.29 is 0 Å². The number of hydrogen-bond acceptors (Lipinski definition) is 5. The molecule has 0 amide bonds. The fraction of sp³-hybridized carbons (Fsp3) is 0.0667. The molecule has 21 heavy (non-hydrogen) atoms. The number of hydrogen-bond donors (Lipinski definition) is 1. The smallest absolute Gasteiger partial charge is 0.129 e. The summed E-state index contributed by atoms with van der Waals surface area (Å²) in [7, 11) is 0. The van der Waals surface area contributed by atoms with Gasteiger partial charge < -0.3 is 5.73 Å². The summed E-state index contributed by atoms with van der Waals surface area (Å²) < 4.78 is 0. The summed E-state index contributed by atoms with van der Waals surface area (Å²) in [5, 5.41) is 12.0. The minimum absolute atomic E-state index is 0.493. The van der Waals surface area contributed by atoms with Gasteiger partial charge in [0.05, 0.1) is 20.5 Å². The number of pyridine rings is 1. The highest BCUT2D eigenvalue weighted by Crippen LogP contribution is 2.49. The predicted octanol–water partition coefficient (Wildman–Crippen LogP) is 4.95. The van der Waals surface area contributed by atoms with Crippen LogP contribution < -0.4 is 5.73 Å². The highest BCUT2D eigenvalue weighted by molar-refractivity contribution is 7.23. The maximum Gasteiger partial charge on any atom is 0.129 e. The number of aromatic nitrogens is 1. The first-order valence-electron chi connectivity index (χ1n) is 6.10. The zero-order chi connectivity index (χ0) is 15.0. The normalized spacial score (nSPS) is 10.5. The molecule has 0 aliphatic carbocycles. The van der Waals surface area contributed by atoms with Crippen LogP contribution in [0.15, 0.2) is 29.9 Å². The molecule has 3 rings (SSSR count). The van der Waals surface area contributed by atoms with Crippen molar-refractivity contribution in [1.29, 1.82) is 5.26 Å². The van der Waals surface area contributed by atoms with Crippen molar-refractivity contribution in [2.75, 3.05) is 5.73 Å². The average Bonchev–Trinajstić information content (AvgIpc) is 3.00. The van der Waals surface area contributed by atoms with Crippen molar-refractivity contribution in [3.63, 3.8) is 0 Å². The van der Waals surface area contributed by atoms with Gasteiger partial charge >= 0.3 is 0 Å². The zero-order valence-corrected chi connectivity index (χ0v) is 13.4. The molecule has 104 valence electrons. The molecular formula is C15H10ClN3S2. The van der Waals surface area contributed by atoms with Crippen molar-refractivity contribution in [3.8, 4) is 27.0 Å². The minimum Gasteiger partial charge on any atom is -0.396 e. The highest BCUT2D eigenvalue weighted by atomic mass is 35.5. The molecule has 0 aliphatic rings. The monoisotopic (exact) mass is 331 g/mol. The Labute approximate surface area is 135 Å². The number of thiophene rings is 2. The van der Waals surface area contributed by atoms with Gasteiger partial charge in [0, 0.05) is 23.5 Å². The molecule has 3 heterocycles. The third-order valence-electron chi connectivity index (χ3n) is 3.10. The predicted molar refractivity (Wildman–Crippen MR) is 89.7 cm³/mol. The third-order valence-corrected chi connectivity index (χ3v) is 6.07. The van der Waals surface area contributed by atoms with E-state index in [1.807, 2.05) is 24.4 Å². The molecule has 0 aromatic carbocycles. The topological polar surface area (TPSA) is 62.7 Å². The Morgan fingerprint density at radius 2 is 2.19 bits per heavy atom. The number of nitrogens with two attached hydrogens (primary N) is 1. The Balaban J connectivity index is 2.31. The van der Waals surface area contributed by atoms with Crippen LogP contribution in [-0.4, -0.2) is 4.98 Å². The second-order valence-electron chi connectivity index (χ2n) is 4.46. The molecule has 3 aromatic heterocycles. The summed E-state index contributed by atoms with van der Waals surface area (Å²) in [5.74, 6) is 0. The Hall–Kier alpha value is -1.87. The van der Waals surface area contributed by atoms with Gasteiger partial charge in [-0.2, -0.15) is 5.26 Å². The standard InChI is InChI=1S/C15H10ClN3S2/c1-8-7-20-15(12(8)16)14-11(9-3-2-4-19-6-9)13(18)10(5-17)21-14/h2-4,6-7H,18H2,1H3. The van der Waals surface area contributed by atoms with E-state index < -0.39 is 0 Å². The van der Waals surface area contributed by atoms with E-state index in [9.17, 15) is 5.26 Å². The molecule has 6 heteroatoms. The summed E-state index contributed by atoms with van der Waals surface area (Å²) >= 11 is 9.32. The maximum absolute atomic E-state index is 9.26. The summed E-state index contributed by atoms with van der Waals surface area (Å²) in [6, 6.07) is 5.94. The van der Waals surface area contributed by atoms with Crippen LogP contribution in [0.2, 0.25) is 5.02 Å². The third kappa shape index (κ3) is 2.32. The molecule has 0 fully saturated rings. The van der Waals surface area contributed by atoms with E-state index in [0.29, 0.717) is 10.6 Å². The first kappa shape index (κ1) is 14.1. The SMILES string of the molecule is Cc1csc(-c2sc(C#N)c(N)c2-c2cccnc2)c1Cl. The van der Waals surface area contributed by atoms with Crippen LogP contribution in [0.1, 0.15) is 10.4 Å². The summed E-state index contributed by atoms with van der Waals surface area (Å²) in [6.07, 6.45) is 3.46. The van der Waals surface area contributed by atoms with E-state index in [0.717, 1.165) is 31.5 Å². The van der Waals surface area contributed by atoms with E-state index >= 15 is 0 Å². The van der Waals surface area contributed by atoms with Gasteiger partial charge in [0.1, 0.15) is 10.9 Å². The molecule has 3 nitrogen and oxygen atoms in total. The average molecular weight is 332 g/mol. The largest absolute Gasteiger partial charge is 0.396 e. The quantitative estimate of drug-likeness (QED) is 0.722. The van der Waals surface area contributed by atoms with Gasteiger partial charge in [-0.05, 0) is 23.9 Å². The van der Waals surface area contributed by atoms with Gasteiger partial charge in [-0.3, -0.25) is 4.98 Å². The summed E-state index contributed by atoms with van der Waals surface area (Å²) in [6.45, 7) is 1.97. The van der Waals surface area contributed by atoms with E-state index in [4.69, 9.17) is 17.3 Å². The van der Waals surface area contributed by atoms with E-state index in [1.54, 1.807) is 23.7 Å². The second kappa shape index (κ2) is 5.49. The van der Waals surface area contributed by atoms with Crippen LogP contribution in [0.3, 0.4) is 0 Å². The van der Waals surface area contributed by atoms with Gasteiger partial charge in [-0.15, -0.1) is 22.7 Å². The molecule has 3 aromatic rings. The Kier molecular flexibility index (Phi) is 3.68. The fourth-order valence-corrected chi connectivity index (χ4v) is 4.61. The molecule has 0 aliphatic heterocycles. The molecular weight excluding hydrogens is 322 g/mol. The minimum atomic E-state index is 0.493. The first-order valence-corrected chi connectivity index (χ1v) is 8.17. The van der Waals surface area contributed by atoms with E-state index in [2.05, 4.69) is 11.1 Å². The van der Waals surface area contributed by atoms with E-state index in [1.165, 1.54) is 11.3 Å². The van der Waals surface area contributed by atoms with Crippen LogP contribution in [0.4, 0.5) is 5.69 Å². The van der Waals surface area contributed by atoms with Crippen LogP contribution in [0.5, 0.6) is 0 Å². The second-order valence-corrected chi connectivity index (χ2v) is 6.74. The van der Waals surface area contributed by atoms with Crippen molar-refractivity contribution >= 4 is 40.0 Å². The summed E-state index contributed by atoms with van der Waals surface area (Å²) in [5.41, 5.74) is 9.42. The lowest BCUT2D eigenvalue weighted by molar-refractivity contribution is 1.33. The molecule has 0 unspecified atom stereocenters. The van der Waals surface area contributed by atoms with Gasteiger partial charge in [0.25, 0.3) is 0 Å². The molecule has 0 saturated carbocycles. The maximum atomic E-state index is 9.26. The number of halogens is 1. The van der Waals surface area contributed by atoms with Crippen molar-refractivity contribution in [2.24, 2.45) is 0 Å². The number of nitrogens with zero attached hydrogens (tertiary/aromatic N) is 2. The molecule has 0 bridgehead atoms. The van der Waals surface area contributed by atoms with Crippen LogP contribution in [0, 0.1) is 18.3 Å². The molecule has 0 spiro atoms. The van der Waals surface area contributed by atoms with Crippen molar-refractivity contribution in [2.45, 2.75) is 6.92 Å². The lowest BCUT2D eigenvalue weighted by Gasteiger charge is -2.04. The molecule has 0 atom stereocenters. The highest BCUT2D eigenvalue weighted by Gasteiger charge is 2.22. The van der Waals surface area contributed by atoms with Gasteiger partial charge in [0.2, 0.25) is 0 Å². The van der Waals surface area contributed by atoms with Crippen LogP contribution in [0.25, 0.3) is 20.9 Å². The number of nitrogen functional groups attached to an aromatic ring is 1. The van der Waals surface area contributed by atoms with Crippen molar-refractivity contribution in [1.82, 2.24) is 4.98 Å². The number of anilines is 1. The molecule has 0 radical (unpaired) electrons. The Bertz CT molecular complexity index is 844. The summed E-state index contributed by atoms with van der Waals surface area (Å²) in [4.78, 5) is 6.52. The Morgan fingerprint density at radius 3 is 2.76 bits per heavy atom. The first-order chi connectivity index (χ1) is 10.1. The fourth-order valence-electron chi connectivity index (χ4n) is 2.07. The van der Waals surface area contributed by atoms with Gasteiger partial charge in [-0.25, -0.2) is 0 Å². The van der Waals surface area contributed by atoms with Crippen molar-refractivity contribution in [3.05, 3.63) is 45.4 Å². The number of aryl methyl sites for hydroxylation is 1. The Morgan fingerprint density at radius 1 is 1.38 bits per heavy atom. The lowest BCUT2D eigenvalue weighted by Crippen LogP contribution is -1.89. The van der Waals surface area contributed by atoms with Gasteiger partial charge in [0.15, 0.2) is 0 Å².